The van der Waals surface area contributed by atoms with Crippen molar-refractivity contribution < 1.29 is 0 Å². The Bertz CT molecular complexity index is 992. The Hall–Kier alpha value is -2.28. The number of thioether (sulfide) groups is 1. The molecule has 1 heterocycles. The fraction of sp³-hybridized carbons (Fsp3) is 0.217. The van der Waals surface area contributed by atoms with Gasteiger partial charge in [0.2, 0.25) is 0 Å². The largest absolute Gasteiger partial charge is 0.240 e. The number of fused-ring (bicyclic) bond motifs is 1. The van der Waals surface area contributed by atoms with Crippen molar-refractivity contribution in [3.8, 4) is 17.3 Å². The number of halogens is 1. The van der Waals surface area contributed by atoms with E-state index in [0.29, 0.717) is 0 Å². The third-order valence-corrected chi connectivity index (χ3v) is 6.23. The Morgan fingerprint density at radius 3 is 2.37 bits per heavy atom. The summed E-state index contributed by atoms with van der Waals surface area (Å²) in [5, 5.41) is 11.4. The average Bonchev–Trinajstić information content (AvgIpc) is 2.73. The first-order valence-electron chi connectivity index (χ1n) is 9.15. The zero-order chi connectivity index (χ0) is 18.6. The molecule has 0 amide bonds. The van der Waals surface area contributed by atoms with Gasteiger partial charge in [-0.15, -0.1) is 11.8 Å². The topological polar surface area (TPSA) is 36.7 Å². The van der Waals surface area contributed by atoms with Gasteiger partial charge in [0, 0.05) is 16.3 Å². The highest BCUT2D eigenvalue weighted by Gasteiger charge is 2.23. The number of hydrogen-bond donors (Lipinski definition) is 0. The smallest absolute Gasteiger partial charge is 0.115 e. The van der Waals surface area contributed by atoms with E-state index in [2.05, 4.69) is 18.2 Å². The molecule has 0 unspecified atom stereocenters. The number of nitriles is 1. The molecule has 1 aliphatic rings. The summed E-state index contributed by atoms with van der Waals surface area (Å²) >= 11 is 7.72. The van der Waals surface area contributed by atoms with Crippen molar-refractivity contribution >= 4 is 23.4 Å². The van der Waals surface area contributed by atoms with E-state index in [-0.39, 0.29) is 0 Å². The standard InChI is InChI=1S/C23H19ClN2S/c24-18-12-10-17(11-13-18)22-20-9-5-4-8-19(20)21(14-25)23(26-22)27-15-16-6-2-1-3-7-16/h1-3,6-7,10-13H,4-5,8-9,15H2. The first-order valence-corrected chi connectivity index (χ1v) is 10.5. The fourth-order valence-corrected chi connectivity index (χ4v) is 4.68. The molecule has 2 nitrogen and oxygen atoms in total. The average molecular weight is 391 g/mol. The van der Waals surface area contributed by atoms with Crippen LogP contribution < -0.4 is 0 Å². The molecule has 0 radical (unpaired) electrons. The van der Waals surface area contributed by atoms with Gasteiger partial charge in [-0.1, -0.05) is 54.1 Å². The first-order chi connectivity index (χ1) is 13.3. The summed E-state index contributed by atoms with van der Waals surface area (Å²) < 4.78 is 0. The maximum atomic E-state index is 9.85. The maximum Gasteiger partial charge on any atom is 0.115 e. The van der Waals surface area contributed by atoms with E-state index in [0.717, 1.165) is 58.3 Å². The van der Waals surface area contributed by atoms with Crippen LogP contribution in [-0.2, 0) is 18.6 Å². The summed E-state index contributed by atoms with van der Waals surface area (Å²) in [5.74, 6) is 0.807. The lowest BCUT2D eigenvalue weighted by atomic mass is 9.86. The van der Waals surface area contributed by atoms with Gasteiger partial charge in [0.15, 0.2) is 0 Å². The highest BCUT2D eigenvalue weighted by Crippen LogP contribution is 2.37. The van der Waals surface area contributed by atoms with Gasteiger partial charge in [0.05, 0.1) is 11.3 Å². The summed E-state index contributed by atoms with van der Waals surface area (Å²) in [6.07, 6.45) is 4.23. The van der Waals surface area contributed by atoms with Crippen LogP contribution in [0.3, 0.4) is 0 Å². The van der Waals surface area contributed by atoms with Crippen LogP contribution in [0.5, 0.6) is 0 Å². The Balaban J connectivity index is 1.79. The monoisotopic (exact) mass is 390 g/mol. The van der Waals surface area contributed by atoms with E-state index >= 15 is 0 Å². The van der Waals surface area contributed by atoms with Crippen molar-refractivity contribution in [2.24, 2.45) is 0 Å². The van der Waals surface area contributed by atoms with Crippen LogP contribution in [0.25, 0.3) is 11.3 Å². The Morgan fingerprint density at radius 2 is 1.67 bits per heavy atom. The molecule has 27 heavy (non-hydrogen) atoms. The Labute approximate surface area is 169 Å². The summed E-state index contributed by atoms with van der Waals surface area (Å²) in [6.45, 7) is 0. The number of pyridine rings is 1. The quantitative estimate of drug-likeness (QED) is 0.480. The number of hydrogen-bond acceptors (Lipinski definition) is 3. The molecule has 1 aromatic heterocycles. The molecule has 4 heteroatoms. The number of nitrogens with zero attached hydrogens (tertiary/aromatic N) is 2. The number of benzene rings is 2. The molecule has 0 atom stereocenters. The fourth-order valence-electron chi connectivity index (χ4n) is 3.59. The highest BCUT2D eigenvalue weighted by molar-refractivity contribution is 7.98. The van der Waals surface area contributed by atoms with Crippen molar-refractivity contribution in [3.63, 3.8) is 0 Å². The number of aromatic nitrogens is 1. The van der Waals surface area contributed by atoms with Crippen LogP contribution in [0, 0.1) is 11.3 Å². The molecule has 0 fully saturated rings. The minimum Gasteiger partial charge on any atom is -0.240 e. The van der Waals surface area contributed by atoms with Crippen molar-refractivity contribution in [1.29, 1.82) is 5.26 Å². The molecule has 0 spiro atoms. The third-order valence-electron chi connectivity index (χ3n) is 4.93. The van der Waals surface area contributed by atoms with Crippen LogP contribution in [0.4, 0.5) is 0 Å². The molecule has 0 saturated carbocycles. The Kier molecular flexibility index (Phi) is 5.48. The first kappa shape index (κ1) is 18.1. The van der Waals surface area contributed by atoms with E-state index in [4.69, 9.17) is 16.6 Å². The van der Waals surface area contributed by atoms with Gasteiger partial charge in [-0.05, 0) is 54.5 Å². The lowest BCUT2D eigenvalue weighted by molar-refractivity contribution is 0.677. The van der Waals surface area contributed by atoms with Crippen LogP contribution >= 0.6 is 23.4 Å². The predicted molar refractivity (Wildman–Crippen MR) is 112 cm³/mol. The summed E-state index contributed by atoms with van der Waals surface area (Å²) in [6, 6.07) is 20.6. The van der Waals surface area contributed by atoms with Crippen LogP contribution in [0.15, 0.2) is 59.6 Å². The van der Waals surface area contributed by atoms with E-state index < -0.39 is 0 Å². The maximum absolute atomic E-state index is 9.85. The van der Waals surface area contributed by atoms with E-state index in [9.17, 15) is 5.26 Å². The van der Waals surface area contributed by atoms with Crippen molar-refractivity contribution in [2.75, 3.05) is 0 Å². The molecule has 4 rings (SSSR count). The summed E-state index contributed by atoms with van der Waals surface area (Å²) in [4.78, 5) is 4.97. The zero-order valence-electron chi connectivity index (χ0n) is 14.9. The predicted octanol–water partition coefficient (Wildman–Crippen LogP) is 6.44. The van der Waals surface area contributed by atoms with Gasteiger partial charge in [0.1, 0.15) is 11.1 Å². The van der Waals surface area contributed by atoms with Gasteiger partial charge >= 0.3 is 0 Å². The molecule has 3 aromatic rings. The second-order valence-corrected chi connectivity index (χ2v) is 8.10. The second-order valence-electron chi connectivity index (χ2n) is 6.70. The molecular weight excluding hydrogens is 372 g/mol. The van der Waals surface area contributed by atoms with Crippen LogP contribution in [0.2, 0.25) is 5.02 Å². The van der Waals surface area contributed by atoms with Gasteiger partial charge < -0.3 is 0 Å². The van der Waals surface area contributed by atoms with Crippen LogP contribution in [0.1, 0.15) is 35.1 Å². The molecule has 1 aliphatic carbocycles. The Morgan fingerprint density at radius 1 is 0.963 bits per heavy atom. The summed E-state index contributed by atoms with van der Waals surface area (Å²) in [5.41, 5.74) is 6.52. The highest BCUT2D eigenvalue weighted by atomic mass is 35.5. The van der Waals surface area contributed by atoms with Gasteiger partial charge in [-0.25, -0.2) is 4.98 Å². The molecule has 0 bridgehead atoms. The third kappa shape index (κ3) is 3.88. The van der Waals surface area contributed by atoms with Crippen molar-refractivity contribution in [3.05, 3.63) is 81.9 Å². The van der Waals surface area contributed by atoms with Gasteiger partial charge in [0.25, 0.3) is 0 Å². The van der Waals surface area contributed by atoms with Gasteiger partial charge in [-0.2, -0.15) is 5.26 Å². The van der Waals surface area contributed by atoms with E-state index in [1.807, 2.05) is 42.5 Å². The van der Waals surface area contributed by atoms with Crippen molar-refractivity contribution in [1.82, 2.24) is 4.98 Å². The van der Waals surface area contributed by atoms with E-state index in [1.165, 1.54) is 16.7 Å². The van der Waals surface area contributed by atoms with Crippen LogP contribution in [-0.4, -0.2) is 4.98 Å². The molecule has 0 aliphatic heterocycles. The van der Waals surface area contributed by atoms with Crippen molar-refractivity contribution in [2.45, 2.75) is 36.5 Å². The zero-order valence-corrected chi connectivity index (χ0v) is 16.5. The lowest BCUT2D eigenvalue weighted by Crippen LogP contribution is -2.10. The minimum atomic E-state index is 0.722. The lowest BCUT2D eigenvalue weighted by Gasteiger charge is -2.22. The number of rotatable bonds is 4. The normalized spacial score (nSPS) is 13.0. The SMILES string of the molecule is N#Cc1c(SCc2ccccc2)nc(-c2ccc(Cl)cc2)c2c1CCCC2. The molecule has 2 aromatic carbocycles. The summed E-state index contributed by atoms with van der Waals surface area (Å²) in [7, 11) is 0. The molecular formula is C23H19ClN2S. The minimum absolute atomic E-state index is 0.722. The van der Waals surface area contributed by atoms with E-state index in [1.54, 1.807) is 11.8 Å². The molecule has 0 saturated heterocycles. The molecule has 0 N–H and O–H groups in total. The second kappa shape index (κ2) is 8.17. The van der Waals surface area contributed by atoms with Gasteiger partial charge in [-0.3, -0.25) is 0 Å². The molecule has 134 valence electrons.